The average molecular weight is 425 g/mol. The molecule has 0 amide bonds. The van der Waals surface area contributed by atoms with E-state index in [1.807, 2.05) is 20.8 Å². The van der Waals surface area contributed by atoms with Crippen LogP contribution in [-0.2, 0) is 28.6 Å². The summed E-state index contributed by atoms with van der Waals surface area (Å²) in [4.78, 5) is 25.2. The van der Waals surface area contributed by atoms with Crippen molar-refractivity contribution in [1.29, 1.82) is 0 Å². The van der Waals surface area contributed by atoms with Crippen molar-refractivity contribution in [3.63, 3.8) is 0 Å². The lowest BCUT2D eigenvalue weighted by Crippen LogP contribution is -2.47. The van der Waals surface area contributed by atoms with Crippen LogP contribution in [0.25, 0.3) is 0 Å². The van der Waals surface area contributed by atoms with Crippen molar-refractivity contribution in [2.75, 3.05) is 6.61 Å². The Morgan fingerprint density at radius 3 is 2.10 bits per heavy atom. The maximum Gasteiger partial charge on any atom is 0.322 e. The van der Waals surface area contributed by atoms with Gasteiger partial charge in [-0.1, -0.05) is 37.0 Å². The van der Waals surface area contributed by atoms with Gasteiger partial charge in [-0.05, 0) is 65.5 Å². The lowest BCUT2D eigenvalue weighted by molar-refractivity contribution is -0.177. The summed E-state index contributed by atoms with van der Waals surface area (Å²) in [6, 6.07) is 6.17. The fourth-order valence-electron chi connectivity index (χ4n) is 3.51. The van der Waals surface area contributed by atoms with Gasteiger partial charge >= 0.3 is 5.97 Å². The van der Waals surface area contributed by atoms with Gasteiger partial charge in [0.2, 0.25) is 0 Å². The first-order valence-corrected chi connectivity index (χ1v) is 11.5. The van der Waals surface area contributed by atoms with Crippen molar-refractivity contribution in [3.05, 3.63) is 29.8 Å². The molecule has 29 heavy (non-hydrogen) atoms. The molecule has 1 aromatic carbocycles. The van der Waals surface area contributed by atoms with E-state index in [2.05, 4.69) is 0 Å². The molecule has 2 rings (SSSR count). The molecular formula is C22H32O6S. The first-order chi connectivity index (χ1) is 13.4. The molecule has 1 saturated carbocycles. The molecule has 0 heterocycles. The second-order valence-electron chi connectivity index (χ2n) is 8.75. The van der Waals surface area contributed by atoms with Crippen LogP contribution in [0.4, 0.5) is 0 Å². The van der Waals surface area contributed by atoms with E-state index in [1.54, 1.807) is 12.1 Å². The number of esters is 1. The molecule has 7 heteroatoms. The summed E-state index contributed by atoms with van der Waals surface area (Å²) in [5.41, 5.74) is -1.53. The Bertz CT molecular complexity index is 835. The number of carbonyl (C=O) groups excluding carboxylic acids is 2. The van der Waals surface area contributed by atoms with Crippen LogP contribution in [0.15, 0.2) is 29.2 Å². The number of ketones is 1. The Morgan fingerprint density at radius 2 is 1.59 bits per heavy atom. The smallest absolute Gasteiger partial charge is 0.322 e. The SMILES string of the molecule is CC(=O)C(C)(COS(=O)(=O)c1ccc(C)cc1)C(=O)OC(C)(C)C1CCCCC1. The summed E-state index contributed by atoms with van der Waals surface area (Å²) >= 11 is 0. The number of ether oxygens (including phenoxy) is 1. The molecule has 0 aliphatic heterocycles. The second-order valence-corrected chi connectivity index (χ2v) is 10.4. The van der Waals surface area contributed by atoms with Gasteiger partial charge in [0.05, 0.1) is 11.5 Å². The topological polar surface area (TPSA) is 86.7 Å². The van der Waals surface area contributed by atoms with Crippen LogP contribution < -0.4 is 0 Å². The Kier molecular flexibility index (Phi) is 7.28. The first kappa shape index (κ1) is 23.5. The highest BCUT2D eigenvalue weighted by Gasteiger charge is 2.45. The highest BCUT2D eigenvalue weighted by Crippen LogP contribution is 2.36. The third-order valence-electron chi connectivity index (χ3n) is 5.98. The largest absolute Gasteiger partial charge is 0.459 e. The highest BCUT2D eigenvalue weighted by molar-refractivity contribution is 7.86. The van der Waals surface area contributed by atoms with Crippen LogP contribution in [0.2, 0.25) is 0 Å². The molecule has 0 radical (unpaired) electrons. The highest BCUT2D eigenvalue weighted by atomic mass is 32.2. The van der Waals surface area contributed by atoms with Gasteiger partial charge in [0, 0.05) is 0 Å². The molecule has 162 valence electrons. The van der Waals surface area contributed by atoms with E-state index >= 15 is 0 Å². The van der Waals surface area contributed by atoms with Crippen molar-refractivity contribution in [2.24, 2.45) is 11.3 Å². The molecule has 1 aliphatic carbocycles. The normalized spacial score (nSPS) is 18.1. The summed E-state index contributed by atoms with van der Waals surface area (Å²) in [7, 11) is -4.10. The Balaban J connectivity index is 2.14. The Labute approximate surface area is 174 Å². The number of hydrogen-bond acceptors (Lipinski definition) is 6. The third kappa shape index (κ3) is 5.66. The monoisotopic (exact) mass is 424 g/mol. The zero-order valence-corrected chi connectivity index (χ0v) is 18.8. The van der Waals surface area contributed by atoms with Gasteiger partial charge in [-0.25, -0.2) is 0 Å². The van der Waals surface area contributed by atoms with Crippen molar-refractivity contribution in [2.45, 2.75) is 77.2 Å². The van der Waals surface area contributed by atoms with Gasteiger partial charge in [-0.3, -0.25) is 13.8 Å². The molecule has 1 atom stereocenters. The van der Waals surface area contributed by atoms with Gasteiger partial charge in [0.15, 0.2) is 0 Å². The molecule has 0 spiro atoms. The van der Waals surface area contributed by atoms with E-state index in [0.29, 0.717) is 0 Å². The summed E-state index contributed by atoms with van der Waals surface area (Å²) in [6.07, 6.45) is 5.29. The number of carbonyl (C=O) groups is 2. The van der Waals surface area contributed by atoms with Crippen molar-refractivity contribution >= 4 is 21.9 Å². The van der Waals surface area contributed by atoms with Gasteiger partial charge in [-0.15, -0.1) is 0 Å². The quantitative estimate of drug-likeness (QED) is 0.353. The van der Waals surface area contributed by atoms with Crippen molar-refractivity contribution < 1.29 is 26.9 Å². The molecular weight excluding hydrogens is 392 g/mol. The molecule has 0 bridgehead atoms. The molecule has 1 aromatic rings. The van der Waals surface area contributed by atoms with Crippen LogP contribution in [-0.4, -0.2) is 32.4 Å². The van der Waals surface area contributed by atoms with E-state index < -0.39 is 39.5 Å². The fourth-order valence-corrected chi connectivity index (χ4v) is 4.50. The predicted molar refractivity (Wildman–Crippen MR) is 110 cm³/mol. The fraction of sp³-hybridized carbons (Fsp3) is 0.636. The number of Topliss-reactive ketones (excluding diaryl/α,β-unsaturated/α-hetero) is 1. The van der Waals surface area contributed by atoms with Crippen LogP contribution in [0, 0.1) is 18.3 Å². The first-order valence-electron chi connectivity index (χ1n) is 10.1. The summed E-state index contributed by atoms with van der Waals surface area (Å²) in [5, 5.41) is 0. The number of aryl methyl sites for hydroxylation is 1. The number of benzene rings is 1. The molecule has 1 aliphatic rings. The standard InChI is InChI=1S/C22H32O6S/c1-16-11-13-19(14-12-16)29(25,26)27-15-22(5,17(2)23)20(24)28-21(3,4)18-9-7-6-8-10-18/h11-14,18H,6-10,15H2,1-5H3. The minimum atomic E-state index is -4.10. The van der Waals surface area contributed by atoms with Crippen molar-refractivity contribution in [1.82, 2.24) is 0 Å². The zero-order chi connectivity index (χ0) is 21.9. The van der Waals surface area contributed by atoms with Crippen molar-refractivity contribution in [3.8, 4) is 0 Å². The second kappa shape index (κ2) is 8.96. The molecule has 0 aromatic heterocycles. The van der Waals surface area contributed by atoms with Gasteiger partial charge in [-0.2, -0.15) is 8.42 Å². The van der Waals surface area contributed by atoms with Crippen LogP contribution in [0.1, 0.15) is 65.4 Å². The van der Waals surface area contributed by atoms with Crippen LogP contribution in [0.3, 0.4) is 0 Å². The molecule has 0 N–H and O–H groups in total. The van der Waals surface area contributed by atoms with Gasteiger partial charge < -0.3 is 4.74 Å². The Morgan fingerprint density at radius 1 is 1.03 bits per heavy atom. The number of hydrogen-bond donors (Lipinski definition) is 0. The summed E-state index contributed by atoms with van der Waals surface area (Å²) in [5.74, 6) is -1.03. The van der Waals surface area contributed by atoms with E-state index in [0.717, 1.165) is 31.2 Å². The maximum atomic E-state index is 12.9. The van der Waals surface area contributed by atoms with E-state index in [9.17, 15) is 18.0 Å². The molecule has 6 nitrogen and oxygen atoms in total. The lowest BCUT2D eigenvalue weighted by atomic mass is 9.78. The summed E-state index contributed by atoms with van der Waals surface area (Å²) in [6.45, 7) is 7.57. The predicted octanol–water partition coefficient (Wildman–Crippen LogP) is 4.20. The lowest BCUT2D eigenvalue weighted by Gasteiger charge is -2.38. The van der Waals surface area contributed by atoms with E-state index in [1.165, 1.54) is 32.4 Å². The zero-order valence-electron chi connectivity index (χ0n) is 18.0. The third-order valence-corrected chi connectivity index (χ3v) is 7.26. The Hall–Kier alpha value is -1.73. The van der Waals surface area contributed by atoms with Crippen LogP contribution in [0.5, 0.6) is 0 Å². The van der Waals surface area contributed by atoms with Gasteiger partial charge in [0.1, 0.15) is 16.8 Å². The van der Waals surface area contributed by atoms with Gasteiger partial charge in [0.25, 0.3) is 10.1 Å². The number of rotatable bonds is 8. The minimum absolute atomic E-state index is 0.0232. The molecule has 1 unspecified atom stereocenters. The van der Waals surface area contributed by atoms with Crippen LogP contribution >= 0.6 is 0 Å². The average Bonchev–Trinajstić information content (AvgIpc) is 2.66. The maximum absolute atomic E-state index is 12.9. The molecule has 1 fully saturated rings. The summed E-state index contributed by atoms with van der Waals surface area (Å²) < 4.78 is 35.8. The van der Waals surface area contributed by atoms with E-state index in [4.69, 9.17) is 8.92 Å². The molecule has 0 saturated heterocycles. The minimum Gasteiger partial charge on any atom is -0.459 e. The van der Waals surface area contributed by atoms with E-state index in [-0.39, 0.29) is 10.8 Å².